The van der Waals surface area contributed by atoms with Crippen LogP contribution in [0.1, 0.15) is 34.7 Å². The molecule has 2 aliphatic rings. The molecule has 108 valence electrons. The van der Waals surface area contributed by atoms with Crippen LogP contribution in [0.5, 0.6) is 5.75 Å². The minimum atomic E-state index is -0.0274. The van der Waals surface area contributed by atoms with E-state index in [9.17, 15) is 4.79 Å². The van der Waals surface area contributed by atoms with Crippen molar-refractivity contribution in [3.63, 3.8) is 0 Å². The van der Waals surface area contributed by atoms with Gasteiger partial charge in [-0.2, -0.15) is 0 Å². The number of nitrogens with zero attached hydrogens (tertiary/aromatic N) is 1. The zero-order valence-electron chi connectivity index (χ0n) is 12.3. The molecular weight excluding hydrogens is 273 g/mol. The Balaban J connectivity index is 1.71. The van der Waals surface area contributed by atoms with Crippen molar-refractivity contribution in [1.82, 2.24) is 0 Å². The monoisotopic (exact) mass is 289 g/mol. The van der Waals surface area contributed by atoms with Gasteiger partial charge in [0.1, 0.15) is 20.2 Å². The summed E-state index contributed by atoms with van der Waals surface area (Å²) < 4.78 is 5.83. The Bertz CT molecular complexity index is 740. The van der Waals surface area contributed by atoms with E-state index in [0.29, 0.717) is 35.8 Å². The molecule has 1 amide bonds. The summed E-state index contributed by atoms with van der Waals surface area (Å²) in [6.07, 6.45) is 2.48. The Morgan fingerprint density at radius 2 is 2.00 bits per heavy atom. The van der Waals surface area contributed by atoms with Crippen molar-refractivity contribution in [1.29, 1.82) is 0 Å². The minimum Gasteiger partial charge on any atom is -0.491 e. The maximum Gasteiger partial charge on any atom is 0.262 e. The van der Waals surface area contributed by atoms with Gasteiger partial charge in [-0.05, 0) is 48.6 Å². The van der Waals surface area contributed by atoms with Gasteiger partial charge in [-0.3, -0.25) is 4.79 Å². The first-order chi connectivity index (χ1) is 10.7. The molecule has 0 atom stereocenters. The van der Waals surface area contributed by atoms with Crippen LogP contribution in [0, 0.1) is 0 Å². The van der Waals surface area contributed by atoms with Crippen LogP contribution in [-0.2, 0) is 0 Å². The topological polar surface area (TPSA) is 29.5 Å². The summed E-state index contributed by atoms with van der Waals surface area (Å²) in [7, 11) is 5.84. The van der Waals surface area contributed by atoms with Crippen LogP contribution in [0.4, 0.5) is 5.69 Å². The fourth-order valence-electron chi connectivity index (χ4n) is 2.94. The highest BCUT2D eigenvalue weighted by molar-refractivity contribution is 6.32. The fourth-order valence-corrected chi connectivity index (χ4v) is 2.94. The van der Waals surface area contributed by atoms with E-state index in [1.54, 1.807) is 4.90 Å². The molecular formula is C18H16BNO2. The van der Waals surface area contributed by atoms with Gasteiger partial charge < -0.3 is 9.64 Å². The molecule has 1 fully saturated rings. The van der Waals surface area contributed by atoms with Crippen LogP contribution in [-0.4, -0.2) is 26.9 Å². The summed E-state index contributed by atoms with van der Waals surface area (Å²) in [5.41, 5.74) is 3.38. The maximum atomic E-state index is 12.9. The number of carbonyl (C=O) groups excluding carboxylic acids is 1. The van der Waals surface area contributed by atoms with Gasteiger partial charge in [0.15, 0.2) is 0 Å². The predicted molar refractivity (Wildman–Crippen MR) is 87.4 cm³/mol. The minimum absolute atomic E-state index is 0.0274. The summed E-state index contributed by atoms with van der Waals surface area (Å²) in [5, 5.41) is 0. The van der Waals surface area contributed by atoms with Crippen LogP contribution >= 0.6 is 0 Å². The number of hydrogen-bond donors (Lipinski definition) is 0. The summed E-state index contributed by atoms with van der Waals surface area (Å²) in [4.78, 5) is 14.6. The Kier molecular flexibility index (Phi) is 3.18. The first kappa shape index (κ1) is 13.4. The normalized spacial score (nSPS) is 17.6. The lowest BCUT2D eigenvalue weighted by molar-refractivity contribution is 0.0990. The van der Waals surface area contributed by atoms with Crippen molar-refractivity contribution in [2.45, 2.75) is 18.8 Å². The quantitative estimate of drug-likeness (QED) is 0.795. The lowest BCUT2D eigenvalue weighted by Crippen LogP contribution is -2.32. The van der Waals surface area contributed by atoms with Crippen LogP contribution in [0.25, 0.3) is 0 Å². The maximum absolute atomic E-state index is 12.9. The molecule has 1 saturated carbocycles. The lowest BCUT2D eigenvalue weighted by atomic mass is 9.95. The Labute approximate surface area is 131 Å². The van der Waals surface area contributed by atoms with E-state index in [4.69, 9.17) is 12.6 Å². The van der Waals surface area contributed by atoms with Crippen molar-refractivity contribution in [3.8, 4) is 5.75 Å². The van der Waals surface area contributed by atoms with Crippen LogP contribution in [0.2, 0.25) is 0 Å². The molecule has 2 aromatic rings. The Hall–Kier alpha value is -2.23. The SMILES string of the molecule is [B]c1cccc(N2CCOc3cc(C4CC4)ccc3C2=O)c1. The summed E-state index contributed by atoms with van der Waals surface area (Å²) >= 11 is 0. The molecule has 4 rings (SSSR count). The van der Waals surface area contributed by atoms with Gasteiger partial charge in [0.25, 0.3) is 5.91 Å². The third kappa shape index (κ3) is 2.39. The third-order valence-corrected chi connectivity index (χ3v) is 4.28. The molecule has 0 spiro atoms. The van der Waals surface area contributed by atoms with E-state index in [1.807, 2.05) is 36.4 Å². The van der Waals surface area contributed by atoms with E-state index < -0.39 is 0 Å². The number of ether oxygens (including phenoxy) is 1. The molecule has 0 unspecified atom stereocenters. The van der Waals surface area contributed by atoms with Gasteiger partial charge in [0.2, 0.25) is 0 Å². The zero-order chi connectivity index (χ0) is 15.1. The molecule has 0 bridgehead atoms. The standard InChI is InChI=1S/C18H16BNO2/c19-14-2-1-3-15(11-14)20-8-9-22-17-10-13(12-4-5-12)6-7-16(17)18(20)21/h1-3,6-7,10-12H,4-5,8-9H2. The van der Waals surface area contributed by atoms with Gasteiger partial charge >= 0.3 is 0 Å². The van der Waals surface area contributed by atoms with Crippen LogP contribution < -0.4 is 15.1 Å². The van der Waals surface area contributed by atoms with Gasteiger partial charge in [0, 0.05) is 5.69 Å². The number of amides is 1. The number of carbonyl (C=O) groups is 1. The van der Waals surface area contributed by atoms with E-state index in [-0.39, 0.29) is 5.91 Å². The largest absolute Gasteiger partial charge is 0.491 e. The van der Waals surface area contributed by atoms with Crippen molar-refractivity contribution < 1.29 is 9.53 Å². The van der Waals surface area contributed by atoms with Gasteiger partial charge in [-0.1, -0.05) is 23.7 Å². The highest BCUT2D eigenvalue weighted by atomic mass is 16.5. The van der Waals surface area contributed by atoms with E-state index in [0.717, 1.165) is 5.69 Å². The molecule has 2 radical (unpaired) electrons. The molecule has 22 heavy (non-hydrogen) atoms. The van der Waals surface area contributed by atoms with Gasteiger partial charge in [-0.15, -0.1) is 0 Å². The molecule has 3 nitrogen and oxygen atoms in total. The van der Waals surface area contributed by atoms with Crippen LogP contribution in [0.15, 0.2) is 42.5 Å². The highest BCUT2D eigenvalue weighted by Crippen LogP contribution is 2.42. The van der Waals surface area contributed by atoms with E-state index in [1.165, 1.54) is 18.4 Å². The number of rotatable bonds is 2. The zero-order valence-corrected chi connectivity index (χ0v) is 12.3. The number of benzene rings is 2. The lowest BCUT2D eigenvalue weighted by Gasteiger charge is -2.20. The molecule has 0 saturated heterocycles. The average Bonchev–Trinajstić information content (AvgIpc) is 3.35. The second-order valence-electron chi connectivity index (χ2n) is 5.93. The second-order valence-corrected chi connectivity index (χ2v) is 5.93. The summed E-state index contributed by atoms with van der Waals surface area (Å²) in [6, 6.07) is 13.4. The predicted octanol–water partition coefficient (Wildman–Crippen LogP) is 2.40. The number of anilines is 1. The second kappa shape index (κ2) is 5.20. The molecule has 1 aliphatic carbocycles. The molecule has 0 aromatic heterocycles. The summed E-state index contributed by atoms with van der Waals surface area (Å²) in [6.45, 7) is 1.01. The van der Waals surface area contributed by atoms with Gasteiger partial charge in [-0.25, -0.2) is 0 Å². The third-order valence-electron chi connectivity index (χ3n) is 4.28. The van der Waals surface area contributed by atoms with E-state index >= 15 is 0 Å². The van der Waals surface area contributed by atoms with E-state index in [2.05, 4.69) is 6.07 Å². The smallest absolute Gasteiger partial charge is 0.262 e. The number of hydrogen-bond acceptors (Lipinski definition) is 2. The first-order valence-electron chi connectivity index (χ1n) is 7.66. The molecule has 1 heterocycles. The fraction of sp³-hybridized carbons (Fsp3) is 0.278. The first-order valence-corrected chi connectivity index (χ1v) is 7.66. The van der Waals surface area contributed by atoms with Crippen molar-refractivity contribution in [3.05, 3.63) is 53.6 Å². The average molecular weight is 289 g/mol. The van der Waals surface area contributed by atoms with Crippen molar-refractivity contribution in [2.24, 2.45) is 0 Å². The highest BCUT2D eigenvalue weighted by Gasteiger charge is 2.28. The molecule has 0 N–H and O–H groups in total. The summed E-state index contributed by atoms with van der Waals surface area (Å²) in [5.74, 6) is 1.33. The van der Waals surface area contributed by atoms with Gasteiger partial charge in [0.05, 0.1) is 12.1 Å². The Morgan fingerprint density at radius 3 is 2.77 bits per heavy atom. The van der Waals surface area contributed by atoms with Crippen LogP contribution in [0.3, 0.4) is 0 Å². The van der Waals surface area contributed by atoms with Crippen molar-refractivity contribution >= 4 is 24.9 Å². The molecule has 4 heteroatoms. The van der Waals surface area contributed by atoms with Crippen molar-refractivity contribution in [2.75, 3.05) is 18.1 Å². The Morgan fingerprint density at radius 1 is 1.14 bits per heavy atom. The number of fused-ring (bicyclic) bond motifs is 1. The molecule has 1 aliphatic heterocycles. The molecule has 2 aromatic carbocycles.